The van der Waals surface area contributed by atoms with E-state index in [0.29, 0.717) is 78.5 Å². The van der Waals surface area contributed by atoms with Gasteiger partial charge in [0.25, 0.3) is 0 Å². The second kappa shape index (κ2) is 21.9. The number of alkyl halides is 6. The van der Waals surface area contributed by atoms with Crippen LogP contribution in [0.5, 0.6) is 0 Å². The number of fused-ring (bicyclic) bond motifs is 19. The maximum atomic E-state index is 16.1. The summed E-state index contributed by atoms with van der Waals surface area (Å²) in [5, 5.41) is 0.848. The molecule has 1 spiro atoms. The van der Waals surface area contributed by atoms with Gasteiger partial charge in [0.1, 0.15) is 29.3 Å². The lowest BCUT2D eigenvalue weighted by atomic mass is 9.48. The molecule has 18 unspecified atom stereocenters. The molecule has 18 rings (SSSR count). The van der Waals surface area contributed by atoms with E-state index in [1.807, 2.05) is 0 Å². The van der Waals surface area contributed by atoms with Gasteiger partial charge in [-0.2, -0.15) is 26.3 Å². The summed E-state index contributed by atoms with van der Waals surface area (Å²) in [6.45, 7) is 2.43. The van der Waals surface area contributed by atoms with Crippen LogP contribution in [0, 0.1) is 70.0 Å². The fourth-order valence-electron chi connectivity index (χ4n) is 27.3. The Morgan fingerprint density at radius 3 is 2.16 bits per heavy atom. The molecule has 13 heteroatoms. The summed E-state index contributed by atoms with van der Waals surface area (Å²) >= 11 is 4.24. The zero-order chi connectivity index (χ0) is 61.1. The van der Waals surface area contributed by atoms with Crippen LogP contribution in [0.2, 0.25) is 0 Å². The Balaban J connectivity index is 0.833. The van der Waals surface area contributed by atoms with Crippen LogP contribution < -0.4 is 0 Å². The van der Waals surface area contributed by atoms with Crippen molar-refractivity contribution in [3.05, 3.63) is 68.1 Å². The Kier molecular flexibility index (Phi) is 14.7. The average molecular weight is 1280 g/mol. The van der Waals surface area contributed by atoms with Crippen LogP contribution >= 0.6 is 0 Å². The summed E-state index contributed by atoms with van der Waals surface area (Å²) in [6.07, 6.45) is 36.4. The van der Waals surface area contributed by atoms with Crippen LogP contribution in [-0.2, 0) is 33.0 Å². The normalized spacial score (nSPS) is 46.9. The van der Waals surface area contributed by atoms with Crippen LogP contribution in [0.1, 0.15) is 251 Å². The van der Waals surface area contributed by atoms with Crippen LogP contribution in [0.3, 0.4) is 0 Å². The third-order valence-corrected chi connectivity index (χ3v) is 32.9. The summed E-state index contributed by atoms with van der Waals surface area (Å²) in [5.74, 6) is 3.99. The lowest BCUT2D eigenvalue weighted by molar-refractivity contribution is -0.220. The molecule has 3 saturated heterocycles. The van der Waals surface area contributed by atoms with Gasteiger partial charge >= 0.3 is 12.4 Å². The molecule has 90 heavy (non-hydrogen) atoms. The molecule has 494 valence electrons. The quantitative estimate of drug-likeness (QED) is 0.187. The standard InChI is InChI=1S/C77H105F6N3O2S2/c1-43-28-34-54-52-19-12-26-64(89)70(52)88-72(54)67(43)86(74-38-36-73(42-74,37-39-74)77(81,82)83)63-41-59-66(49-16-5-4-14-47(49)63)55-35-33-46(40-58(55)75(59)56-21-7-9-24-61(56)85-60-23-8-6-15-48(60)50-17-10-22-57(75)68(50)85)84(45-31-29-44(30-32-45)76(78,79)80)62-25-11-18-51-53-20-13-27-65(90(2)3)71(53)87-69(51)62/h25,43-46,48,50-54,57,59-60,64-65,68-71H,4-24,26-42H2,1-3H3/p+2. The second-order valence-corrected chi connectivity index (χ2v) is 37.3. The molecule has 14 aliphatic carbocycles. The third-order valence-electron chi connectivity index (χ3n) is 30.6. The van der Waals surface area contributed by atoms with Crippen molar-refractivity contribution in [3.63, 3.8) is 0 Å². The van der Waals surface area contributed by atoms with E-state index >= 15 is 13.2 Å². The largest absolute Gasteiger partial charge is 0.487 e. The molecular formula is C77H107F6N3O2S2+2. The predicted octanol–water partition coefficient (Wildman–Crippen LogP) is 18.4. The smallest absolute Gasteiger partial charge is 0.394 e. The Morgan fingerprint density at radius 2 is 1.37 bits per heavy atom. The van der Waals surface area contributed by atoms with Crippen molar-refractivity contribution in [1.29, 1.82) is 0 Å². The van der Waals surface area contributed by atoms with Crippen molar-refractivity contribution in [1.82, 2.24) is 14.7 Å². The van der Waals surface area contributed by atoms with E-state index in [4.69, 9.17) is 9.47 Å². The minimum atomic E-state index is -4.24. The van der Waals surface area contributed by atoms with Crippen molar-refractivity contribution in [3.8, 4) is 0 Å². The maximum absolute atomic E-state index is 16.1. The minimum absolute atomic E-state index is 0.00455. The molecule has 0 aromatic rings. The van der Waals surface area contributed by atoms with Gasteiger partial charge in [-0.25, -0.2) is 0 Å². The number of hydrogen-bond donors (Lipinski definition) is 0. The Hall–Kier alpha value is -2.12. The first kappa shape index (κ1) is 60.3. The van der Waals surface area contributed by atoms with Crippen molar-refractivity contribution in [2.45, 2.75) is 322 Å². The highest BCUT2D eigenvalue weighted by atomic mass is 32.2. The van der Waals surface area contributed by atoms with Crippen molar-refractivity contribution < 1.29 is 35.8 Å². The monoisotopic (exact) mass is 1280 g/mol. The molecule has 18 atom stereocenters. The molecule has 0 N–H and O–H groups in total. The molecule has 0 amide bonds. The molecule has 11 fully saturated rings. The van der Waals surface area contributed by atoms with Crippen LogP contribution in [0.15, 0.2) is 68.1 Å². The Morgan fingerprint density at radius 1 is 0.633 bits per heavy atom. The van der Waals surface area contributed by atoms with E-state index in [-0.39, 0.29) is 95.9 Å². The third kappa shape index (κ3) is 8.62. The minimum Gasteiger partial charge on any atom is -0.487 e. The molecule has 0 aromatic heterocycles. The zero-order valence-electron chi connectivity index (χ0n) is 54.8. The van der Waals surface area contributed by atoms with Crippen molar-refractivity contribution >= 4 is 23.5 Å². The van der Waals surface area contributed by atoms with E-state index in [2.05, 4.69) is 52.8 Å². The first-order valence-corrected chi connectivity index (χ1v) is 40.6. The van der Waals surface area contributed by atoms with Crippen molar-refractivity contribution in [2.75, 3.05) is 12.5 Å². The molecule has 5 nitrogen and oxygen atoms in total. The van der Waals surface area contributed by atoms with Gasteiger partial charge in [-0.3, -0.25) is 0 Å². The fourth-order valence-corrected chi connectivity index (χ4v) is 29.3. The highest BCUT2D eigenvalue weighted by molar-refractivity contribution is 7.96. The SMILES string of the molecule is CC1CCC2C(=C1N(C1=C3CCCCC3=C3C4=C(CC(N(C5=CCCC6C5OC5C6CCCC5[S+](C)C)C5CCC(C(F)(F)F)CC5)CC4)C4(C5=C(CCCC5)N5C6CCCCC6C6CCCC4C65)C3C1)C13CCC(C(F)(F)F)(CC1)C3)OC1C([SH2+])CCCC21. The highest BCUT2D eigenvalue weighted by Gasteiger charge is 2.72. The van der Waals surface area contributed by atoms with E-state index in [9.17, 15) is 13.2 Å². The molecule has 0 radical (unpaired) electrons. The topological polar surface area (TPSA) is 28.2 Å². The van der Waals surface area contributed by atoms with Crippen LogP contribution in [0.4, 0.5) is 26.3 Å². The van der Waals surface area contributed by atoms with Crippen molar-refractivity contribution in [2.24, 2.45) is 70.0 Å². The lowest BCUT2D eigenvalue weighted by Gasteiger charge is -2.61. The molecule has 0 aromatic carbocycles. The molecule has 18 aliphatic rings. The van der Waals surface area contributed by atoms with Gasteiger partial charge in [0.05, 0.1) is 29.5 Å². The zero-order valence-corrected chi connectivity index (χ0v) is 56.6. The highest BCUT2D eigenvalue weighted by Crippen LogP contribution is 2.76. The van der Waals surface area contributed by atoms with E-state index in [0.717, 1.165) is 109 Å². The summed E-state index contributed by atoms with van der Waals surface area (Å²) in [5.41, 5.74) is 13.5. The van der Waals surface area contributed by atoms with Crippen LogP contribution in [0.25, 0.3) is 0 Å². The summed E-state index contributed by atoms with van der Waals surface area (Å²) in [7, 11) is 0.238. The number of hydrogen-bond acceptors (Lipinski definition) is 5. The maximum Gasteiger partial charge on any atom is 0.394 e. The summed E-state index contributed by atoms with van der Waals surface area (Å²) in [6, 6.07) is 1.35. The number of halogens is 6. The van der Waals surface area contributed by atoms with Gasteiger partial charge in [0.15, 0.2) is 5.25 Å². The molecule has 8 saturated carbocycles. The number of nitrogens with zero attached hydrogens (tertiary/aromatic N) is 3. The van der Waals surface area contributed by atoms with Gasteiger partial charge in [-0.1, -0.05) is 37.8 Å². The number of rotatable bonds is 7. The van der Waals surface area contributed by atoms with Gasteiger partial charge in [-0.05, 0) is 312 Å². The Bertz CT molecular complexity index is 3080. The van der Waals surface area contributed by atoms with Gasteiger partial charge in [0, 0.05) is 70.0 Å². The Labute approximate surface area is 543 Å². The first-order chi connectivity index (χ1) is 43.5. The van der Waals surface area contributed by atoms with Gasteiger partial charge in [-0.15, -0.1) is 0 Å². The average Bonchev–Trinajstić information content (AvgIpc) is 1.46. The van der Waals surface area contributed by atoms with E-state index in [1.54, 1.807) is 33.6 Å². The van der Waals surface area contributed by atoms with E-state index in [1.165, 1.54) is 112 Å². The lowest BCUT2D eigenvalue weighted by Crippen LogP contribution is -2.59. The predicted molar refractivity (Wildman–Crippen MR) is 350 cm³/mol. The number of ether oxygens (including phenoxy) is 2. The van der Waals surface area contributed by atoms with Gasteiger partial charge < -0.3 is 24.2 Å². The molecule has 4 aliphatic heterocycles. The number of allylic oxidation sites excluding steroid dienone is 10. The molecule has 4 heterocycles. The second-order valence-electron chi connectivity index (χ2n) is 34.2. The molecule has 2 bridgehead atoms. The van der Waals surface area contributed by atoms with Crippen LogP contribution in [-0.4, -0.2) is 98.1 Å². The fraction of sp³-hybridized carbons (Fsp3) is 0.844. The first-order valence-electron chi connectivity index (χ1n) is 37.9. The van der Waals surface area contributed by atoms with E-state index < -0.39 is 29.2 Å². The molecular weight excluding hydrogens is 1180 g/mol. The summed E-state index contributed by atoms with van der Waals surface area (Å²) < 4.78 is 108. The summed E-state index contributed by atoms with van der Waals surface area (Å²) in [4.78, 5) is 8.90. The van der Waals surface area contributed by atoms with Gasteiger partial charge in [0.2, 0.25) is 0 Å².